The molecule has 1 heterocycles. The molecule has 1 rings (SSSR count). The SMILES string of the molecule is NCCCC1CNCCCN1. The van der Waals surface area contributed by atoms with E-state index in [1.54, 1.807) is 0 Å². The summed E-state index contributed by atoms with van der Waals surface area (Å²) in [4.78, 5) is 0. The summed E-state index contributed by atoms with van der Waals surface area (Å²) < 4.78 is 0. The van der Waals surface area contributed by atoms with E-state index in [1.165, 1.54) is 12.8 Å². The van der Waals surface area contributed by atoms with Gasteiger partial charge in [0.15, 0.2) is 0 Å². The van der Waals surface area contributed by atoms with Gasteiger partial charge in [-0.15, -0.1) is 0 Å². The van der Waals surface area contributed by atoms with Gasteiger partial charge in [-0.3, -0.25) is 0 Å². The van der Waals surface area contributed by atoms with Gasteiger partial charge >= 0.3 is 0 Å². The molecule has 0 aromatic heterocycles. The van der Waals surface area contributed by atoms with Crippen LogP contribution in [0.5, 0.6) is 0 Å². The molecule has 0 bridgehead atoms. The lowest BCUT2D eigenvalue weighted by Crippen LogP contribution is -2.35. The lowest BCUT2D eigenvalue weighted by atomic mass is 10.1. The molecule has 1 fully saturated rings. The summed E-state index contributed by atoms with van der Waals surface area (Å²) in [7, 11) is 0. The molecule has 3 nitrogen and oxygen atoms in total. The van der Waals surface area contributed by atoms with Crippen molar-refractivity contribution in [3.05, 3.63) is 0 Å². The average molecular weight is 157 g/mol. The number of hydrogen-bond acceptors (Lipinski definition) is 3. The van der Waals surface area contributed by atoms with Crippen LogP contribution in [0.2, 0.25) is 0 Å². The third kappa shape index (κ3) is 3.70. The Morgan fingerprint density at radius 3 is 3.09 bits per heavy atom. The molecule has 4 N–H and O–H groups in total. The van der Waals surface area contributed by atoms with Crippen molar-refractivity contribution in [3.63, 3.8) is 0 Å². The minimum atomic E-state index is 0.654. The third-order valence-electron chi connectivity index (χ3n) is 2.11. The predicted octanol–water partition coefficient (Wildman–Crippen LogP) is -0.323. The molecule has 0 saturated carbocycles. The predicted molar refractivity (Wildman–Crippen MR) is 47.6 cm³/mol. The first-order valence-corrected chi connectivity index (χ1v) is 4.57. The van der Waals surface area contributed by atoms with Gasteiger partial charge in [-0.1, -0.05) is 0 Å². The van der Waals surface area contributed by atoms with Crippen molar-refractivity contribution in [2.24, 2.45) is 5.73 Å². The zero-order valence-electron chi connectivity index (χ0n) is 7.10. The highest BCUT2D eigenvalue weighted by Gasteiger charge is 2.08. The van der Waals surface area contributed by atoms with Crippen LogP contribution in [0.25, 0.3) is 0 Å². The van der Waals surface area contributed by atoms with Crippen molar-refractivity contribution in [3.8, 4) is 0 Å². The van der Waals surface area contributed by atoms with Crippen LogP contribution in [0.15, 0.2) is 0 Å². The maximum absolute atomic E-state index is 5.44. The Hall–Kier alpha value is -0.120. The molecular weight excluding hydrogens is 138 g/mol. The molecule has 1 aliphatic heterocycles. The van der Waals surface area contributed by atoms with Gasteiger partial charge in [-0.2, -0.15) is 0 Å². The second-order valence-corrected chi connectivity index (χ2v) is 3.14. The van der Waals surface area contributed by atoms with Gasteiger partial charge in [0.05, 0.1) is 0 Å². The Bertz CT molecular complexity index is 87.3. The molecule has 66 valence electrons. The van der Waals surface area contributed by atoms with E-state index >= 15 is 0 Å². The fourth-order valence-electron chi connectivity index (χ4n) is 1.44. The van der Waals surface area contributed by atoms with Crippen molar-refractivity contribution in [1.82, 2.24) is 10.6 Å². The van der Waals surface area contributed by atoms with Crippen LogP contribution in [0, 0.1) is 0 Å². The van der Waals surface area contributed by atoms with E-state index in [0.717, 1.165) is 32.6 Å². The second-order valence-electron chi connectivity index (χ2n) is 3.14. The zero-order chi connectivity index (χ0) is 7.94. The van der Waals surface area contributed by atoms with Crippen LogP contribution in [0.3, 0.4) is 0 Å². The van der Waals surface area contributed by atoms with Gasteiger partial charge in [-0.25, -0.2) is 0 Å². The maximum atomic E-state index is 5.44. The quantitative estimate of drug-likeness (QED) is 0.526. The van der Waals surface area contributed by atoms with Gasteiger partial charge in [0, 0.05) is 12.6 Å². The Morgan fingerprint density at radius 1 is 1.36 bits per heavy atom. The van der Waals surface area contributed by atoms with Crippen LogP contribution in [-0.2, 0) is 0 Å². The van der Waals surface area contributed by atoms with E-state index in [1.807, 2.05) is 0 Å². The summed E-state index contributed by atoms with van der Waals surface area (Å²) in [6.07, 6.45) is 3.60. The summed E-state index contributed by atoms with van der Waals surface area (Å²) in [5, 5.41) is 6.90. The van der Waals surface area contributed by atoms with Crippen LogP contribution < -0.4 is 16.4 Å². The van der Waals surface area contributed by atoms with Crippen LogP contribution in [-0.4, -0.2) is 32.2 Å². The fourth-order valence-corrected chi connectivity index (χ4v) is 1.44. The Morgan fingerprint density at radius 2 is 2.27 bits per heavy atom. The van der Waals surface area contributed by atoms with Gasteiger partial charge in [-0.05, 0) is 38.9 Å². The highest BCUT2D eigenvalue weighted by molar-refractivity contribution is 4.73. The first kappa shape index (κ1) is 8.97. The minimum absolute atomic E-state index is 0.654. The molecule has 0 spiro atoms. The summed E-state index contributed by atoms with van der Waals surface area (Å²) in [5.41, 5.74) is 5.44. The molecule has 0 aromatic carbocycles. The maximum Gasteiger partial charge on any atom is 0.0192 e. The third-order valence-corrected chi connectivity index (χ3v) is 2.11. The van der Waals surface area contributed by atoms with E-state index in [9.17, 15) is 0 Å². The average Bonchev–Trinajstić information content (AvgIpc) is 2.28. The standard InChI is InChI=1S/C8H19N3/c9-4-1-3-8-7-10-5-2-6-11-8/h8,10-11H,1-7,9H2. The smallest absolute Gasteiger partial charge is 0.0192 e. The molecule has 11 heavy (non-hydrogen) atoms. The molecule has 1 atom stereocenters. The normalized spacial score (nSPS) is 26.5. The first-order chi connectivity index (χ1) is 5.43. The summed E-state index contributed by atoms with van der Waals surface area (Å²) in [6, 6.07) is 0.654. The van der Waals surface area contributed by atoms with Crippen molar-refractivity contribution >= 4 is 0 Å². The topological polar surface area (TPSA) is 50.1 Å². The highest BCUT2D eigenvalue weighted by Crippen LogP contribution is 1.97. The monoisotopic (exact) mass is 157 g/mol. The van der Waals surface area contributed by atoms with Gasteiger partial charge in [0.1, 0.15) is 0 Å². The summed E-state index contributed by atoms with van der Waals surface area (Å²) >= 11 is 0. The summed E-state index contributed by atoms with van der Waals surface area (Å²) in [6.45, 7) is 4.24. The minimum Gasteiger partial charge on any atom is -0.330 e. The molecular formula is C8H19N3. The molecule has 1 unspecified atom stereocenters. The number of nitrogens with one attached hydrogen (secondary N) is 2. The molecule has 1 aliphatic rings. The van der Waals surface area contributed by atoms with Crippen LogP contribution in [0.4, 0.5) is 0 Å². The van der Waals surface area contributed by atoms with Gasteiger partial charge in [0.25, 0.3) is 0 Å². The van der Waals surface area contributed by atoms with E-state index in [2.05, 4.69) is 10.6 Å². The largest absolute Gasteiger partial charge is 0.330 e. The summed E-state index contributed by atoms with van der Waals surface area (Å²) in [5.74, 6) is 0. The van der Waals surface area contributed by atoms with E-state index < -0.39 is 0 Å². The Labute approximate surface area is 68.7 Å². The van der Waals surface area contributed by atoms with Crippen LogP contribution in [0.1, 0.15) is 19.3 Å². The molecule has 1 saturated heterocycles. The first-order valence-electron chi connectivity index (χ1n) is 4.57. The fraction of sp³-hybridized carbons (Fsp3) is 1.00. The zero-order valence-corrected chi connectivity index (χ0v) is 7.10. The molecule has 3 heteroatoms. The van der Waals surface area contributed by atoms with E-state index in [4.69, 9.17) is 5.73 Å². The molecule has 0 radical (unpaired) electrons. The van der Waals surface area contributed by atoms with Crippen molar-refractivity contribution in [2.75, 3.05) is 26.2 Å². The second kappa shape index (κ2) is 5.52. The van der Waals surface area contributed by atoms with E-state index in [-0.39, 0.29) is 0 Å². The highest BCUT2D eigenvalue weighted by atomic mass is 15.0. The van der Waals surface area contributed by atoms with Crippen LogP contribution >= 0.6 is 0 Å². The number of nitrogens with two attached hydrogens (primary N) is 1. The number of hydrogen-bond donors (Lipinski definition) is 3. The molecule has 0 aliphatic carbocycles. The van der Waals surface area contributed by atoms with E-state index in [0.29, 0.717) is 6.04 Å². The Kier molecular flexibility index (Phi) is 4.50. The van der Waals surface area contributed by atoms with Gasteiger partial charge in [0.2, 0.25) is 0 Å². The lowest BCUT2D eigenvalue weighted by molar-refractivity contribution is 0.482. The lowest BCUT2D eigenvalue weighted by Gasteiger charge is -2.14. The molecule has 0 aromatic rings. The Balaban J connectivity index is 2.09. The molecule has 0 amide bonds. The van der Waals surface area contributed by atoms with Crippen molar-refractivity contribution < 1.29 is 0 Å². The number of rotatable bonds is 3. The van der Waals surface area contributed by atoms with Crippen molar-refractivity contribution in [1.29, 1.82) is 0 Å². The van der Waals surface area contributed by atoms with Crippen molar-refractivity contribution in [2.45, 2.75) is 25.3 Å². The van der Waals surface area contributed by atoms with Gasteiger partial charge < -0.3 is 16.4 Å².